The standard InChI is InChI=1S/C14H23N5O3S/c1-13(2,3)23(22)17-10-11-16-15-9-19(11)8-14(10)4-6-18(7-5-14)12(20)21/h9-10,17H,4-8H2,1-3H3,(H,20,21)/t10-,23+/m1/s1. The van der Waals surface area contributed by atoms with E-state index in [2.05, 4.69) is 14.9 Å². The highest BCUT2D eigenvalue weighted by molar-refractivity contribution is 7.90. The molecule has 1 saturated heterocycles. The van der Waals surface area contributed by atoms with Crippen LogP contribution in [0.5, 0.6) is 0 Å². The molecule has 9 heteroatoms. The molecule has 128 valence electrons. The van der Waals surface area contributed by atoms with Crippen molar-refractivity contribution in [3.63, 3.8) is 0 Å². The average Bonchev–Trinajstić information content (AvgIpc) is 3.00. The molecule has 0 aromatic carbocycles. The van der Waals surface area contributed by atoms with Gasteiger partial charge >= 0.3 is 6.09 Å². The summed E-state index contributed by atoms with van der Waals surface area (Å²) in [6, 6.07) is -0.166. The maximum atomic E-state index is 12.6. The predicted octanol–water partition coefficient (Wildman–Crippen LogP) is 1.14. The van der Waals surface area contributed by atoms with Gasteiger partial charge in [-0.15, -0.1) is 14.9 Å². The van der Waals surface area contributed by atoms with Crippen molar-refractivity contribution in [2.75, 3.05) is 13.1 Å². The van der Waals surface area contributed by atoms with E-state index in [4.69, 9.17) is 5.11 Å². The Kier molecular flexibility index (Phi) is 4.06. The van der Waals surface area contributed by atoms with E-state index in [0.717, 1.165) is 25.2 Å². The van der Waals surface area contributed by atoms with Gasteiger partial charge in [0, 0.05) is 36.4 Å². The van der Waals surface area contributed by atoms with E-state index in [1.54, 1.807) is 6.33 Å². The van der Waals surface area contributed by atoms with Crippen molar-refractivity contribution in [1.82, 2.24) is 24.4 Å². The Morgan fingerprint density at radius 3 is 2.70 bits per heavy atom. The van der Waals surface area contributed by atoms with Crippen LogP contribution in [0.4, 0.5) is 4.79 Å². The quantitative estimate of drug-likeness (QED) is 0.782. The minimum absolute atomic E-state index is 0.155. The van der Waals surface area contributed by atoms with Gasteiger partial charge in [0.05, 0.1) is 0 Å². The first kappa shape index (κ1) is 16.5. The third kappa shape index (κ3) is 2.92. The summed E-state index contributed by atoms with van der Waals surface area (Å²) < 4.78 is 17.5. The summed E-state index contributed by atoms with van der Waals surface area (Å²) >= 11 is -1.22. The van der Waals surface area contributed by atoms with Gasteiger partial charge < -0.3 is 19.1 Å². The van der Waals surface area contributed by atoms with Crippen LogP contribution in [0.15, 0.2) is 6.33 Å². The van der Waals surface area contributed by atoms with Crippen molar-refractivity contribution in [3.05, 3.63) is 12.2 Å². The van der Waals surface area contributed by atoms with E-state index in [0.29, 0.717) is 13.1 Å². The van der Waals surface area contributed by atoms with Gasteiger partial charge in [-0.2, -0.15) is 0 Å². The zero-order valence-corrected chi connectivity index (χ0v) is 14.5. The molecule has 1 amide bonds. The molecule has 1 spiro atoms. The third-order valence-corrected chi connectivity index (χ3v) is 6.37. The first-order valence-electron chi connectivity index (χ1n) is 7.77. The van der Waals surface area contributed by atoms with E-state index < -0.39 is 17.5 Å². The molecular weight excluding hydrogens is 318 g/mol. The Morgan fingerprint density at radius 1 is 1.48 bits per heavy atom. The summed E-state index contributed by atoms with van der Waals surface area (Å²) in [7, 11) is 0. The molecule has 2 aliphatic heterocycles. The maximum Gasteiger partial charge on any atom is 0.407 e. The molecule has 0 saturated carbocycles. The van der Waals surface area contributed by atoms with E-state index >= 15 is 0 Å². The Morgan fingerprint density at radius 2 is 2.13 bits per heavy atom. The summed E-state index contributed by atoms with van der Waals surface area (Å²) in [5.41, 5.74) is -0.155. The second-order valence-corrected chi connectivity index (χ2v) is 9.38. The largest absolute Gasteiger partial charge is 0.598 e. The molecule has 2 aliphatic rings. The van der Waals surface area contributed by atoms with Crippen molar-refractivity contribution < 1.29 is 14.5 Å². The number of fused-ring (bicyclic) bond motifs is 1. The molecule has 0 radical (unpaired) electrons. The van der Waals surface area contributed by atoms with Gasteiger partial charge in [-0.1, -0.05) is 0 Å². The molecule has 3 rings (SSSR count). The Bertz CT molecular complexity index is 591. The van der Waals surface area contributed by atoms with E-state index in [-0.39, 0.29) is 16.2 Å². The molecule has 1 aromatic rings. The van der Waals surface area contributed by atoms with E-state index in [9.17, 15) is 9.35 Å². The summed E-state index contributed by atoms with van der Waals surface area (Å²) in [6.07, 6.45) is 2.27. The summed E-state index contributed by atoms with van der Waals surface area (Å²) in [4.78, 5) is 12.6. The molecule has 0 aliphatic carbocycles. The minimum Gasteiger partial charge on any atom is -0.598 e. The normalized spacial score (nSPS) is 24.7. The number of piperidine rings is 1. The van der Waals surface area contributed by atoms with Crippen molar-refractivity contribution >= 4 is 17.5 Å². The summed E-state index contributed by atoms with van der Waals surface area (Å²) in [5.74, 6) is 0.798. The van der Waals surface area contributed by atoms with Crippen LogP contribution in [0.1, 0.15) is 45.5 Å². The highest BCUT2D eigenvalue weighted by atomic mass is 32.2. The maximum absolute atomic E-state index is 12.6. The Hall–Kier alpha value is -1.32. The SMILES string of the molecule is CC(C)(C)[S@+]([O-])N[C@@H]1c2nncn2CC12CCN(C(=O)O)CC2. The van der Waals surface area contributed by atoms with Gasteiger partial charge in [0.25, 0.3) is 0 Å². The minimum atomic E-state index is -1.22. The van der Waals surface area contributed by atoms with Gasteiger partial charge in [-0.25, -0.2) is 4.79 Å². The number of hydrogen-bond acceptors (Lipinski definition) is 5. The lowest BCUT2D eigenvalue weighted by Crippen LogP contribution is -2.50. The smallest absolute Gasteiger partial charge is 0.407 e. The number of aromatic nitrogens is 3. The molecule has 2 N–H and O–H groups in total. The van der Waals surface area contributed by atoms with Crippen molar-refractivity contribution in [2.45, 2.75) is 50.9 Å². The van der Waals surface area contributed by atoms with Gasteiger partial charge in [0.2, 0.25) is 0 Å². The second-order valence-electron chi connectivity index (χ2n) is 7.38. The average molecular weight is 341 g/mol. The highest BCUT2D eigenvalue weighted by Gasteiger charge is 2.52. The topological polar surface area (TPSA) is 106 Å². The van der Waals surface area contributed by atoms with Crippen LogP contribution in [-0.2, 0) is 17.9 Å². The van der Waals surface area contributed by atoms with Crippen molar-refractivity contribution in [1.29, 1.82) is 0 Å². The van der Waals surface area contributed by atoms with Gasteiger partial charge in [0.15, 0.2) is 5.82 Å². The molecule has 23 heavy (non-hydrogen) atoms. The number of rotatable bonds is 2. The van der Waals surface area contributed by atoms with Crippen LogP contribution in [0.3, 0.4) is 0 Å². The fourth-order valence-corrected chi connectivity index (χ4v) is 4.29. The van der Waals surface area contributed by atoms with Crippen LogP contribution in [0.25, 0.3) is 0 Å². The van der Waals surface area contributed by atoms with Crippen LogP contribution in [-0.4, -0.2) is 53.3 Å². The van der Waals surface area contributed by atoms with Gasteiger partial charge in [-0.3, -0.25) is 0 Å². The molecule has 2 atom stereocenters. The van der Waals surface area contributed by atoms with Crippen molar-refractivity contribution in [2.24, 2.45) is 5.41 Å². The number of nitrogens with one attached hydrogen (secondary N) is 1. The summed E-state index contributed by atoms with van der Waals surface area (Å²) in [6.45, 7) is 7.50. The van der Waals surface area contributed by atoms with Crippen LogP contribution in [0, 0.1) is 5.41 Å². The van der Waals surface area contributed by atoms with E-state index in [1.165, 1.54) is 4.90 Å². The number of nitrogens with zero attached hydrogens (tertiary/aromatic N) is 4. The number of carbonyl (C=O) groups is 1. The number of amides is 1. The Balaban J connectivity index is 1.83. The lowest BCUT2D eigenvalue weighted by Gasteiger charge is -2.41. The molecule has 3 heterocycles. The monoisotopic (exact) mass is 341 g/mol. The molecule has 0 unspecified atom stereocenters. The fraction of sp³-hybridized carbons (Fsp3) is 0.786. The van der Waals surface area contributed by atoms with Crippen LogP contribution in [0.2, 0.25) is 0 Å². The first-order chi connectivity index (χ1) is 10.7. The van der Waals surface area contributed by atoms with E-state index in [1.807, 2.05) is 25.3 Å². The molecule has 8 nitrogen and oxygen atoms in total. The van der Waals surface area contributed by atoms with Gasteiger partial charge in [-0.05, 0) is 33.6 Å². The number of hydrogen-bond donors (Lipinski definition) is 2. The number of carboxylic acid groups (broad SMARTS) is 1. The summed E-state index contributed by atoms with van der Waals surface area (Å²) in [5, 5.41) is 17.3. The molecule has 0 bridgehead atoms. The third-order valence-electron chi connectivity index (χ3n) is 4.81. The van der Waals surface area contributed by atoms with Crippen LogP contribution >= 0.6 is 0 Å². The fourth-order valence-electron chi connectivity index (χ4n) is 3.37. The lowest BCUT2D eigenvalue weighted by molar-refractivity contribution is 0.0706. The second kappa shape index (κ2) is 5.64. The lowest BCUT2D eigenvalue weighted by atomic mass is 9.74. The zero-order chi connectivity index (χ0) is 16.8. The highest BCUT2D eigenvalue weighted by Crippen LogP contribution is 2.49. The molecule has 1 aromatic heterocycles. The zero-order valence-electron chi connectivity index (χ0n) is 13.7. The van der Waals surface area contributed by atoms with Gasteiger partial charge in [0.1, 0.15) is 17.1 Å². The molecule has 1 fully saturated rings. The Labute approximate surface area is 138 Å². The van der Waals surface area contributed by atoms with Crippen molar-refractivity contribution in [3.8, 4) is 0 Å². The predicted molar refractivity (Wildman–Crippen MR) is 85.1 cm³/mol. The number of likely N-dealkylation sites (tertiary alicyclic amines) is 1. The first-order valence-corrected chi connectivity index (χ1v) is 8.92. The van der Waals surface area contributed by atoms with Crippen LogP contribution < -0.4 is 4.72 Å². The molecular formula is C14H23N5O3S.